The van der Waals surface area contributed by atoms with Gasteiger partial charge in [-0.25, -0.2) is 0 Å². The molecule has 0 spiro atoms. The third-order valence-electron chi connectivity index (χ3n) is 3.97. The zero-order valence-corrected chi connectivity index (χ0v) is 13.7. The Balaban J connectivity index is 1.59. The molecule has 1 saturated heterocycles. The fraction of sp³-hybridized carbons (Fsp3) is 0.412. The number of hydrogen-bond acceptors (Lipinski definition) is 6. The third kappa shape index (κ3) is 4.26. The molecule has 24 heavy (non-hydrogen) atoms. The van der Waals surface area contributed by atoms with Gasteiger partial charge in [0, 0.05) is 45.2 Å². The van der Waals surface area contributed by atoms with Crippen LogP contribution in [0.1, 0.15) is 28.9 Å². The zero-order chi connectivity index (χ0) is 16.8. The predicted molar refractivity (Wildman–Crippen MR) is 89.7 cm³/mol. The number of rotatable bonds is 5. The first-order valence-electron chi connectivity index (χ1n) is 8.05. The standard InChI is InChI=1S/C17H21N5O2/c1-22(12-13-3-2-8-18-11-13)16-5-4-15(20-21-16)17(23)19-14-6-9-24-10-7-14/h2-5,8,11,14H,6-7,9-10,12H2,1H3,(H,19,23). The molecule has 0 aromatic carbocycles. The van der Waals surface area contributed by atoms with E-state index in [-0.39, 0.29) is 11.9 Å². The summed E-state index contributed by atoms with van der Waals surface area (Å²) in [6, 6.07) is 7.57. The molecule has 3 rings (SSSR count). The molecule has 2 aromatic heterocycles. The molecule has 1 N–H and O–H groups in total. The molecule has 0 atom stereocenters. The first-order valence-corrected chi connectivity index (χ1v) is 8.05. The van der Waals surface area contributed by atoms with Gasteiger partial charge >= 0.3 is 0 Å². The number of carbonyl (C=O) groups is 1. The quantitative estimate of drug-likeness (QED) is 0.894. The molecule has 3 heterocycles. The van der Waals surface area contributed by atoms with E-state index in [4.69, 9.17) is 4.74 Å². The molecule has 126 valence electrons. The molecule has 7 heteroatoms. The Morgan fingerprint density at radius 3 is 2.79 bits per heavy atom. The summed E-state index contributed by atoms with van der Waals surface area (Å²) >= 11 is 0. The first kappa shape index (κ1) is 16.3. The van der Waals surface area contributed by atoms with Crippen molar-refractivity contribution in [2.24, 2.45) is 0 Å². The summed E-state index contributed by atoms with van der Waals surface area (Å²) in [5, 5.41) is 11.2. The predicted octanol–water partition coefficient (Wildman–Crippen LogP) is 1.42. The van der Waals surface area contributed by atoms with E-state index >= 15 is 0 Å². The number of hydrogen-bond donors (Lipinski definition) is 1. The van der Waals surface area contributed by atoms with Crippen molar-refractivity contribution in [2.75, 3.05) is 25.2 Å². The molecule has 0 radical (unpaired) electrons. The van der Waals surface area contributed by atoms with E-state index in [1.807, 2.05) is 36.3 Å². The minimum Gasteiger partial charge on any atom is -0.381 e. The van der Waals surface area contributed by atoms with Crippen LogP contribution in [0, 0.1) is 0 Å². The summed E-state index contributed by atoms with van der Waals surface area (Å²) < 4.78 is 5.29. The maximum Gasteiger partial charge on any atom is 0.272 e. The normalized spacial score (nSPS) is 15.0. The molecule has 7 nitrogen and oxygen atoms in total. The summed E-state index contributed by atoms with van der Waals surface area (Å²) in [4.78, 5) is 18.3. The Kier molecular flexibility index (Phi) is 5.32. The van der Waals surface area contributed by atoms with Crippen LogP contribution >= 0.6 is 0 Å². The van der Waals surface area contributed by atoms with E-state index in [1.54, 1.807) is 12.3 Å². The van der Waals surface area contributed by atoms with Crippen LogP contribution in [0.4, 0.5) is 5.82 Å². The molecule has 0 saturated carbocycles. The highest BCUT2D eigenvalue weighted by Crippen LogP contribution is 2.12. The van der Waals surface area contributed by atoms with Gasteiger partial charge in [-0.05, 0) is 36.6 Å². The van der Waals surface area contributed by atoms with Crippen LogP contribution in [0.25, 0.3) is 0 Å². The van der Waals surface area contributed by atoms with Crippen molar-refractivity contribution in [1.29, 1.82) is 0 Å². The Morgan fingerprint density at radius 2 is 2.12 bits per heavy atom. The first-order chi connectivity index (χ1) is 11.7. The molecular formula is C17H21N5O2. The number of anilines is 1. The van der Waals surface area contributed by atoms with Crippen LogP contribution in [-0.4, -0.2) is 47.4 Å². The van der Waals surface area contributed by atoms with Crippen molar-refractivity contribution >= 4 is 11.7 Å². The van der Waals surface area contributed by atoms with Crippen LogP contribution in [0.15, 0.2) is 36.7 Å². The van der Waals surface area contributed by atoms with E-state index < -0.39 is 0 Å². The SMILES string of the molecule is CN(Cc1cccnc1)c1ccc(C(=O)NC2CCOCC2)nn1. The number of ether oxygens (including phenoxy) is 1. The fourth-order valence-electron chi connectivity index (χ4n) is 2.60. The zero-order valence-electron chi connectivity index (χ0n) is 13.7. The van der Waals surface area contributed by atoms with Crippen molar-refractivity contribution in [2.45, 2.75) is 25.4 Å². The second kappa shape index (κ2) is 7.83. The highest BCUT2D eigenvalue weighted by atomic mass is 16.5. The van der Waals surface area contributed by atoms with Crippen LogP contribution in [0.5, 0.6) is 0 Å². The Hall–Kier alpha value is -2.54. The number of aromatic nitrogens is 3. The van der Waals surface area contributed by atoms with Gasteiger partial charge in [0.25, 0.3) is 5.91 Å². The third-order valence-corrected chi connectivity index (χ3v) is 3.97. The van der Waals surface area contributed by atoms with Crippen LogP contribution < -0.4 is 10.2 Å². The van der Waals surface area contributed by atoms with Crippen molar-refractivity contribution in [1.82, 2.24) is 20.5 Å². The van der Waals surface area contributed by atoms with Crippen molar-refractivity contribution < 1.29 is 9.53 Å². The molecule has 1 fully saturated rings. The smallest absolute Gasteiger partial charge is 0.272 e. The minimum atomic E-state index is -0.184. The summed E-state index contributed by atoms with van der Waals surface area (Å²) in [6.45, 7) is 2.06. The molecule has 0 bridgehead atoms. The topological polar surface area (TPSA) is 80.2 Å². The van der Waals surface area contributed by atoms with Crippen LogP contribution in [-0.2, 0) is 11.3 Å². The van der Waals surface area contributed by atoms with E-state index in [1.165, 1.54) is 0 Å². The number of amides is 1. The van der Waals surface area contributed by atoms with Gasteiger partial charge in [-0.15, -0.1) is 10.2 Å². The Labute approximate surface area is 141 Å². The van der Waals surface area contributed by atoms with Gasteiger partial charge in [0.05, 0.1) is 0 Å². The van der Waals surface area contributed by atoms with Crippen molar-refractivity contribution in [3.8, 4) is 0 Å². The number of pyridine rings is 1. The minimum absolute atomic E-state index is 0.154. The molecule has 0 unspecified atom stereocenters. The summed E-state index contributed by atoms with van der Waals surface area (Å²) in [7, 11) is 1.93. The lowest BCUT2D eigenvalue weighted by atomic mass is 10.1. The van der Waals surface area contributed by atoms with Gasteiger partial charge in [-0.2, -0.15) is 0 Å². The number of nitrogens with zero attached hydrogens (tertiary/aromatic N) is 4. The maximum absolute atomic E-state index is 12.2. The van der Waals surface area contributed by atoms with Crippen molar-refractivity contribution in [3.63, 3.8) is 0 Å². The molecule has 0 aliphatic carbocycles. The second-order valence-electron chi connectivity index (χ2n) is 5.85. The van der Waals surface area contributed by atoms with E-state index in [0.717, 1.165) is 18.4 Å². The molecule has 1 aliphatic rings. The average molecular weight is 327 g/mol. The summed E-state index contributed by atoms with van der Waals surface area (Å²) in [5.41, 5.74) is 1.42. The monoisotopic (exact) mass is 327 g/mol. The number of nitrogens with one attached hydrogen (secondary N) is 1. The molecule has 1 amide bonds. The summed E-state index contributed by atoms with van der Waals surface area (Å²) in [5.74, 6) is 0.525. The van der Waals surface area contributed by atoms with Gasteiger partial charge in [0.2, 0.25) is 0 Å². The van der Waals surface area contributed by atoms with Gasteiger partial charge < -0.3 is 15.0 Å². The fourth-order valence-corrected chi connectivity index (χ4v) is 2.60. The van der Waals surface area contributed by atoms with Crippen molar-refractivity contribution in [3.05, 3.63) is 47.9 Å². The lowest BCUT2D eigenvalue weighted by Crippen LogP contribution is -2.39. The number of carbonyl (C=O) groups excluding carboxylic acids is 1. The molecular weight excluding hydrogens is 306 g/mol. The molecule has 2 aromatic rings. The van der Waals surface area contributed by atoms with E-state index in [9.17, 15) is 4.79 Å². The van der Waals surface area contributed by atoms with Gasteiger partial charge in [-0.1, -0.05) is 6.07 Å². The van der Waals surface area contributed by atoms with Crippen LogP contribution in [0.3, 0.4) is 0 Å². The van der Waals surface area contributed by atoms with Crippen LogP contribution in [0.2, 0.25) is 0 Å². The van der Waals surface area contributed by atoms with Gasteiger partial charge in [0.15, 0.2) is 11.5 Å². The Morgan fingerprint density at radius 1 is 1.29 bits per heavy atom. The lowest BCUT2D eigenvalue weighted by Gasteiger charge is -2.23. The highest BCUT2D eigenvalue weighted by molar-refractivity contribution is 5.92. The maximum atomic E-state index is 12.2. The largest absolute Gasteiger partial charge is 0.381 e. The van der Waals surface area contributed by atoms with Gasteiger partial charge in [-0.3, -0.25) is 9.78 Å². The lowest BCUT2D eigenvalue weighted by molar-refractivity contribution is 0.0693. The second-order valence-corrected chi connectivity index (χ2v) is 5.85. The molecule has 1 aliphatic heterocycles. The Bertz CT molecular complexity index is 656. The summed E-state index contributed by atoms with van der Waals surface area (Å²) in [6.07, 6.45) is 5.24. The van der Waals surface area contributed by atoms with E-state index in [0.29, 0.717) is 31.3 Å². The highest BCUT2D eigenvalue weighted by Gasteiger charge is 2.18. The van der Waals surface area contributed by atoms with Gasteiger partial charge in [0.1, 0.15) is 0 Å². The average Bonchev–Trinajstić information content (AvgIpc) is 2.63. The van der Waals surface area contributed by atoms with E-state index in [2.05, 4.69) is 20.5 Å².